The van der Waals surface area contributed by atoms with Gasteiger partial charge in [0.2, 0.25) is 5.95 Å². The summed E-state index contributed by atoms with van der Waals surface area (Å²) in [6, 6.07) is 13.4. The van der Waals surface area contributed by atoms with Crippen LogP contribution in [0.4, 0.5) is 10.3 Å². The van der Waals surface area contributed by atoms with E-state index in [2.05, 4.69) is 10.3 Å². The second-order valence-electron chi connectivity index (χ2n) is 7.38. The number of nitrogens with zero attached hydrogens (tertiary/aromatic N) is 3. The molecule has 7 heteroatoms. The molecule has 1 aromatic heterocycles. The van der Waals surface area contributed by atoms with Gasteiger partial charge in [-0.3, -0.25) is 4.79 Å². The molecule has 2 heterocycles. The van der Waals surface area contributed by atoms with Crippen molar-refractivity contribution < 1.29 is 13.9 Å². The standard InChI is InChI=1S/C23H21FN4O2/c1-2-30-19-9-4-3-6-16(19)21-20-17(7-5-8-18(20)29)25-23-26-22(27-28(21)23)14-10-12-15(24)13-11-14/h3-4,6,9-13,21H,2,5,7-8H2,1H3,(H,25,26,27). The molecule has 0 spiro atoms. The summed E-state index contributed by atoms with van der Waals surface area (Å²) in [5.41, 5.74) is 3.20. The number of anilines is 1. The van der Waals surface area contributed by atoms with Gasteiger partial charge in [0.15, 0.2) is 11.6 Å². The van der Waals surface area contributed by atoms with E-state index in [4.69, 9.17) is 9.84 Å². The van der Waals surface area contributed by atoms with Gasteiger partial charge in [-0.1, -0.05) is 18.2 Å². The van der Waals surface area contributed by atoms with Crippen molar-refractivity contribution in [1.29, 1.82) is 0 Å². The number of fused-ring (bicyclic) bond motifs is 1. The third-order valence-electron chi connectivity index (χ3n) is 5.48. The molecule has 1 aliphatic heterocycles. The molecule has 2 aromatic carbocycles. The summed E-state index contributed by atoms with van der Waals surface area (Å²) < 4.78 is 21.0. The van der Waals surface area contributed by atoms with Crippen LogP contribution < -0.4 is 10.1 Å². The monoisotopic (exact) mass is 404 g/mol. The van der Waals surface area contributed by atoms with E-state index in [9.17, 15) is 9.18 Å². The van der Waals surface area contributed by atoms with Crippen molar-refractivity contribution >= 4 is 11.7 Å². The Bertz CT molecular complexity index is 1150. The number of carbonyl (C=O) groups excluding carboxylic acids is 1. The molecule has 6 nitrogen and oxygen atoms in total. The van der Waals surface area contributed by atoms with E-state index in [1.165, 1.54) is 12.1 Å². The van der Waals surface area contributed by atoms with E-state index in [1.54, 1.807) is 16.8 Å². The molecule has 3 aromatic rings. The molecule has 0 fully saturated rings. The highest BCUT2D eigenvalue weighted by Crippen LogP contribution is 2.43. The van der Waals surface area contributed by atoms with Crippen molar-refractivity contribution in [2.24, 2.45) is 0 Å². The number of ketones is 1. The molecule has 0 amide bonds. The number of aromatic nitrogens is 3. The second kappa shape index (κ2) is 7.40. The van der Waals surface area contributed by atoms with Crippen LogP contribution in [0.5, 0.6) is 5.75 Å². The summed E-state index contributed by atoms with van der Waals surface area (Å²) in [5.74, 6) is 1.57. The zero-order valence-corrected chi connectivity index (χ0v) is 16.6. The minimum atomic E-state index is -0.423. The summed E-state index contributed by atoms with van der Waals surface area (Å²) in [7, 11) is 0. The average Bonchev–Trinajstić information content (AvgIpc) is 3.17. The lowest BCUT2D eigenvalue weighted by Gasteiger charge is -2.32. The van der Waals surface area contributed by atoms with Gasteiger partial charge in [-0.05, 0) is 50.1 Å². The Labute approximate surface area is 173 Å². The van der Waals surface area contributed by atoms with Gasteiger partial charge in [-0.15, -0.1) is 5.10 Å². The largest absolute Gasteiger partial charge is 0.494 e. The van der Waals surface area contributed by atoms with E-state index in [0.29, 0.717) is 30.4 Å². The number of rotatable bonds is 4. The van der Waals surface area contributed by atoms with Crippen LogP contribution >= 0.6 is 0 Å². The Kier molecular flexibility index (Phi) is 4.58. The van der Waals surface area contributed by atoms with E-state index in [-0.39, 0.29) is 11.6 Å². The number of carbonyl (C=O) groups is 1. The number of para-hydroxylation sites is 1. The summed E-state index contributed by atoms with van der Waals surface area (Å²) in [5, 5.41) is 8.03. The highest BCUT2D eigenvalue weighted by molar-refractivity contribution is 5.99. The van der Waals surface area contributed by atoms with Crippen LogP contribution in [0.15, 0.2) is 59.8 Å². The average molecular weight is 404 g/mol. The van der Waals surface area contributed by atoms with Gasteiger partial charge in [-0.25, -0.2) is 9.07 Å². The molecule has 5 rings (SSSR count). The van der Waals surface area contributed by atoms with E-state index >= 15 is 0 Å². The number of hydrogen-bond acceptors (Lipinski definition) is 5. The first-order valence-electron chi connectivity index (χ1n) is 10.1. The fraction of sp³-hybridized carbons (Fsp3) is 0.261. The normalized spacial score (nSPS) is 17.9. The second-order valence-corrected chi connectivity index (χ2v) is 7.38. The Morgan fingerprint density at radius 2 is 1.97 bits per heavy atom. The van der Waals surface area contributed by atoms with Crippen LogP contribution in [0.3, 0.4) is 0 Å². The first kappa shape index (κ1) is 18.5. The van der Waals surface area contributed by atoms with Gasteiger partial charge in [0.05, 0.1) is 6.61 Å². The van der Waals surface area contributed by atoms with Crippen LogP contribution in [-0.4, -0.2) is 27.2 Å². The summed E-state index contributed by atoms with van der Waals surface area (Å²) in [6.07, 6.45) is 2.11. The predicted octanol–water partition coefficient (Wildman–Crippen LogP) is 4.50. The lowest BCUT2D eigenvalue weighted by Crippen LogP contribution is -2.31. The molecule has 0 bridgehead atoms. The molecular weight excluding hydrogens is 383 g/mol. The molecular formula is C23H21FN4O2. The molecule has 30 heavy (non-hydrogen) atoms. The molecule has 0 saturated heterocycles. The van der Waals surface area contributed by atoms with Gasteiger partial charge in [-0.2, -0.15) is 4.98 Å². The van der Waals surface area contributed by atoms with Crippen LogP contribution in [-0.2, 0) is 4.79 Å². The van der Waals surface area contributed by atoms with Crippen molar-refractivity contribution in [2.75, 3.05) is 11.9 Å². The zero-order valence-electron chi connectivity index (χ0n) is 16.6. The van der Waals surface area contributed by atoms with Crippen LogP contribution in [0.1, 0.15) is 37.8 Å². The number of hydrogen-bond donors (Lipinski definition) is 1. The molecule has 1 atom stereocenters. The number of ether oxygens (including phenoxy) is 1. The molecule has 0 saturated carbocycles. The third-order valence-corrected chi connectivity index (χ3v) is 5.48. The number of allylic oxidation sites excluding steroid dienone is 2. The Balaban J connectivity index is 1.68. The van der Waals surface area contributed by atoms with Crippen LogP contribution in [0.25, 0.3) is 11.4 Å². The van der Waals surface area contributed by atoms with E-state index < -0.39 is 6.04 Å². The van der Waals surface area contributed by atoms with Crippen molar-refractivity contribution in [3.05, 3.63) is 71.2 Å². The first-order valence-corrected chi connectivity index (χ1v) is 10.1. The number of nitrogens with one attached hydrogen (secondary N) is 1. The van der Waals surface area contributed by atoms with E-state index in [0.717, 1.165) is 35.4 Å². The highest BCUT2D eigenvalue weighted by Gasteiger charge is 2.38. The Morgan fingerprint density at radius 1 is 1.17 bits per heavy atom. The van der Waals surface area contributed by atoms with E-state index in [1.807, 2.05) is 31.2 Å². The van der Waals surface area contributed by atoms with Crippen molar-refractivity contribution in [1.82, 2.24) is 14.8 Å². The van der Waals surface area contributed by atoms with Crippen LogP contribution in [0.2, 0.25) is 0 Å². The van der Waals surface area contributed by atoms with Gasteiger partial charge in [0.25, 0.3) is 0 Å². The molecule has 1 unspecified atom stereocenters. The predicted molar refractivity (Wildman–Crippen MR) is 111 cm³/mol. The maximum Gasteiger partial charge on any atom is 0.226 e. The molecule has 1 N–H and O–H groups in total. The SMILES string of the molecule is CCOc1ccccc1C1C2=C(CCCC2=O)Nc2nc(-c3ccc(F)cc3)nn21. The summed E-state index contributed by atoms with van der Waals surface area (Å²) in [6.45, 7) is 2.45. The quantitative estimate of drug-likeness (QED) is 0.693. The maximum absolute atomic E-state index is 13.4. The van der Waals surface area contributed by atoms with Crippen molar-refractivity contribution in [3.63, 3.8) is 0 Å². The first-order chi connectivity index (χ1) is 14.7. The summed E-state index contributed by atoms with van der Waals surface area (Å²) >= 11 is 0. The summed E-state index contributed by atoms with van der Waals surface area (Å²) in [4.78, 5) is 17.6. The lowest BCUT2D eigenvalue weighted by molar-refractivity contribution is -0.116. The van der Waals surface area contributed by atoms with Gasteiger partial charge in [0.1, 0.15) is 17.6 Å². The number of benzene rings is 2. The Morgan fingerprint density at radius 3 is 2.77 bits per heavy atom. The maximum atomic E-state index is 13.4. The van der Waals surface area contributed by atoms with Crippen molar-refractivity contribution in [3.8, 4) is 17.1 Å². The molecule has 152 valence electrons. The molecule has 0 radical (unpaired) electrons. The fourth-order valence-electron chi connectivity index (χ4n) is 4.16. The van der Waals surface area contributed by atoms with Gasteiger partial charge < -0.3 is 10.1 Å². The Hall–Kier alpha value is -3.48. The molecule has 1 aliphatic carbocycles. The zero-order chi connectivity index (χ0) is 20.7. The van der Waals surface area contributed by atoms with Crippen molar-refractivity contribution in [2.45, 2.75) is 32.2 Å². The van der Waals surface area contributed by atoms with Crippen LogP contribution in [0, 0.1) is 5.82 Å². The smallest absolute Gasteiger partial charge is 0.226 e. The minimum Gasteiger partial charge on any atom is -0.494 e. The van der Waals surface area contributed by atoms with Gasteiger partial charge >= 0.3 is 0 Å². The highest BCUT2D eigenvalue weighted by atomic mass is 19.1. The lowest BCUT2D eigenvalue weighted by atomic mass is 9.85. The van der Waals surface area contributed by atoms with Gasteiger partial charge in [0, 0.05) is 28.8 Å². The number of Topliss-reactive ketones (excluding diaryl/α,β-unsaturated/α-hetero) is 1. The third kappa shape index (κ3) is 3.07. The number of halogens is 1. The topological polar surface area (TPSA) is 69.0 Å². The fourth-order valence-corrected chi connectivity index (χ4v) is 4.16. The molecule has 2 aliphatic rings. The minimum absolute atomic E-state index is 0.115.